The van der Waals surface area contributed by atoms with Gasteiger partial charge in [-0.05, 0) is 63.6 Å². The monoisotopic (exact) mass is 395 g/mol. The number of amides is 1. The summed E-state index contributed by atoms with van der Waals surface area (Å²) in [5.74, 6) is 0.0713. The van der Waals surface area contributed by atoms with Crippen LogP contribution in [0.5, 0.6) is 0 Å². The van der Waals surface area contributed by atoms with Crippen LogP contribution in [0.15, 0.2) is 13.6 Å². The minimum atomic E-state index is 0.0713. The lowest BCUT2D eigenvalue weighted by molar-refractivity contribution is 0.0562. The van der Waals surface area contributed by atoms with E-state index in [4.69, 9.17) is 5.11 Å². The molecular weight excluding hydrogens is 382 g/mol. The van der Waals surface area contributed by atoms with Crippen LogP contribution in [0.2, 0.25) is 0 Å². The van der Waals surface area contributed by atoms with Gasteiger partial charge in [-0.1, -0.05) is 0 Å². The van der Waals surface area contributed by atoms with Gasteiger partial charge in [-0.3, -0.25) is 4.79 Å². The Morgan fingerprint density at radius 3 is 2.67 bits per heavy atom. The van der Waals surface area contributed by atoms with E-state index in [-0.39, 0.29) is 12.5 Å². The molecule has 0 aliphatic heterocycles. The van der Waals surface area contributed by atoms with Crippen molar-refractivity contribution in [2.75, 3.05) is 13.2 Å². The van der Waals surface area contributed by atoms with Gasteiger partial charge >= 0.3 is 0 Å². The summed E-state index contributed by atoms with van der Waals surface area (Å²) in [6, 6.07) is 2.22. The van der Waals surface area contributed by atoms with Crippen LogP contribution in [0.1, 0.15) is 36.0 Å². The fourth-order valence-electron chi connectivity index (χ4n) is 2.03. The van der Waals surface area contributed by atoms with Crippen molar-refractivity contribution in [1.82, 2.24) is 4.90 Å². The molecule has 1 N–H and O–H groups in total. The zero-order valence-electron chi connectivity index (χ0n) is 9.86. The van der Waals surface area contributed by atoms with Gasteiger partial charge in [-0.15, -0.1) is 11.3 Å². The molecule has 0 aromatic carbocycles. The minimum Gasteiger partial charge on any atom is -0.396 e. The SMILES string of the molecule is O=C(c1cc(Br)sc1Br)N(CCCO)C1CCC1. The summed E-state index contributed by atoms with van der Waals surface area (Å²) in [5.41, 5.74) is 0.719. The molecule has 0 unspecified atom stereocenters. The van der Waals surface area contributed by atoms with Gasteiger partial charge in [0.25, 0.3) is 5.91 Å². The number of halogens is 2. The Bertz CT molecular complexity index is 432. The van der Waals surface area contributed by atoms with Gasteiger partial charge < -0.3 is 10.0 Å². The van der Waals surface area contributed by atoms with E-state index in [1.54, 1.807) is 0 Å². The molecule has 0 saturated heterocycles. The first kappa shape index (κ1) is 14.5. The first-order chi connectivity index (χ1) is 8.63. The summed E-state index contributed by atoms with van der Waals surface area (Å²) in [6.07, 6.45) is 4.01. The number of hydrogen-bond acceptors (Lipinski definition) is 3. The number of carbonyl (C=O) groups excluding carboxylic acids is 1. The predicted molar refractivity (Wildman–Crippen MR) is 80.1 cm³/mol. The van der Waals surface area contributed by atoms with E-state index in [9.17, 15) is 4.79 Å². The second-order valence-electron chi connectivity index (χ2n) is 4.40. The van der Waals surface area contributed by atoms with Gasteiger partial charge in [0.2, 0.25) is 0 Å². The van der Waals surface area contributed by atoms with Crippen LogP contribution in [-0.4, -0.2) is 35.1 Å². The van der Waals surface area contributed by atoms with Crippen molar-refractivity contribution in [1.29, 1.82) is 0 Å². The summed E-state index contributed by atoms with van der Waals surface area (Å²) in [7, 11) is 0. The van der Waals surface area contributed by atoms with Gasteiger partial charge in [0, 0.05) is 19.2 Å². The van der Waals surface area contributed by atoms with Crippen LogP contribution in [0.4, 0.5) is 0 Å². The normalized spacial score (nSPS) is 15.5. The topological polar surface area (TPSA) is 40.5 Å². The maximum Gasteiger partial charge on any atom is 0.256 e. The summed E-state index contributed by atoms with van der Waals surface area (Å²) in [4.78, 5) is 14.4. The Morgan fingerprint density at radius 2 is 2.22 bits per heavy atom. The molecule has 0 radical (unpaired) electrons. The van der Waals surface area contributed by atoms with Crippen molar-refractivity contribution in [2.24, 2.45) is 0 Å². The van der Waals surface area contributed by atoms with Crippen LogP contribution < -0.4 is 0 Å². The highest BCUT2D eigenvalue weighted by atomic mass is 79.9. The predicted octanol–water partition coefficient (Wildman–Crippen LogP) is 3.65. The van der Waals surface area contributed by atoms with E-state index in [0.717, 1.165) is 26.0 Å². The number of aliphatic hydroxyl groups excluding tert-OH is 1. The molecule has 100 valence electrons. The van der Waals surface area contributed by atoms with E-state index >= 15 is 0 Å². The number of carbonyl (C=O) groups is 1. The van der Waals surface area contributed by atoms with Crippen LogP contribution >= 0.6 is 43.2 Å². The summed E-state index contributed by atoms with van der Waals surface area (Å²) >= 11 is 8.35. The van der Waals surface area contributed by atoms with Crippen LogP contribution in [0, 0.1) is 0 Å². The van der Waals surface area contributed by atoms with Crippen molar-refractivity contribution in [3.63, 3.8) is 0 Å². The third-order valence-electron chi connectivity index (χ3n) is 3.22. The first-order valence-electron chi connectivity index (χ1n) is 6.00. The van der Waals surface area contributed by atoms with E-state index in [1.165, 1.54) is 17.8 Å². The molecule has 0 atom stereocenters. The number of rotatable bonds is 5. The lowest BCUT2D eigenvalue weighted by Crippen LogP contribution is -2.44. The van der Waals surface area contributed by atoms with E-state index < -0.39 is 0 Å². The Labute approximate surface area is 127 Å². The van der Waals surface area contributed by atoms with Gasteiger partial charge in [0.05, 0.1) is 13.1 Å². The third kappa shape index (κ3) is 3.15. The standard InChI is InChI=1S/C12H15Br2NO2S/c13-10-7-9(11(14)18-10)12(17)15(5-2-6-16)8-3-1-4-8/h7-8,16H,1-6H2. The molecule has 1 amide bonds. The molecule has 1 aromatic rings. The first-order valence-corrected chi connectivity index (χ1v) is 8.40. The fraction of sp³-hybridized carbons (Fsp3) is 0.583. The summed E-state index contributed by atoms with van der Waals surface area (Å²) < 4.78 is 1.82. The molecule has 0 bridgehead atoms. The second kappa shape index (κ2) is 6.50. The minimum absolute atomic E-state index is 0.0713. The molecule has 0 spiro atoms. The maximum atomic E-state index is 12.5. The zero-order chi connectivity index (χ0) is 13.1. The molecular formula is C12H15Br2NO2S. The average molecular weight is 397 g/mol. The smallest absolute Gasteiger partial charge is 0.256 e. The van der Waals surface area contributed by atoms with Gasteiger partial charge in [0.1, 0.15) is 0 Å². The number of nitrogens with zero attached hydrogens (tertiary/aromatic N) is 1. The summed E-state index contributed by atoms with van der Waals surface area (Å²) in [5, 5.41) is 8.95. The molecule has 3 nitrogen and oxygen atoms in total. The largest absolute Gasteiger partial charge is 0.396 e. The molecule has 6 heteroatoms. The van der Waals surface area contributed by atoms with Gasteiger partial charge in [-0.25, -0.2) is 0 Å². The molecule has 1 fully saturated rings. The van der Waals surface area contributed by atoms with E-state index in [0.29, 0.717) is 19.0 Å². The van der Waals surface area contributed by atoms with Crippen molar-refractivity contribution >= 4 is 49.1 Å². The lowest BCUT2D eigenvalue weighted by Gasteiger charge is -2.37. The highest BCUT2D eigenvalue weighted by molar-refractivity contribution is 9.12. The summed E-state index contributed by atoms with van der Waals surface area (Å²) in [6.45, 7) is 0.769. The average Bonchev–Trinajstić information content (AvgIpc) is 2.60. The Hall–Kier alpha value is 0.0900. The van der Waals surface area contributed by atoms with Gasteiger partial charge in [0.15, 0.2) is 0 Å². The number of aliphatic hydroxyl groups is 1. The Morgan fingerprint density at radius 1 is 1.50 bits per heavy atom. The Balaban J connectivity index is 2.13. The van der Waals surface area contributed by atoms with Crippen LogP contribution in [0.25, 0.3) is 0 Å². The van der Waals surface area contributed by atoms with Gasteiger partial charge in [-0.2, -0.15) is 0 Å². The highest BCUT2D eigenvalue weighted by Gasteiger charge is 2.30. The van der Waals surface area contributed by atoms with Crippen LogP contribution in [-0.2, 0) is 0 Å². The number of thiophene rings is 1. The molecule has 18 heavy (non-hydrogen) atoms. The second-order valence-corrected chi connectivity index (χ2v) is 8.15. The molecule has 1 heterocycles. The van der Waals surface area contributed by atoms with Crippen molar-refractivity contribution in [3.05, 3.63) is 19.2 Å². The number of hydrogen-bond donors (Lipinski definition) is 1. The molecule has 1 saturated carbocycles. The van der Waals surface area contributed by atoms with Crippen LogP contribution in [0.3, 0.4) is 0 Å². The quantitative estimate of drug-likeness (QED) is 0.825. The highest BCUT2D eigenvalue weighted by Crippen LogP contribution is 2.34. The molecule has 1 aromatic heterocycles. The molecule has 1 aliphatic carbocycles. The van der Waals surface area contributed by atoms with Crippen molar-refractivity contribution < 1.29 is 9.90 Å². The maximum absolute atomic E-state index is 12.5. The van der Waals surface area contributed by atoms with E-state index in [2.05, 4.69) is 31.9 Å². The lowest BCUT2D eigenvalue weighted by atomic mass is 9.91. The van der Waals surface area contributed by atoms with Crippen molar-refractivity contribution in [3.8, 4) is 0 Å². The van der Waals surface area contributed by atoms with E-state index in [1.807, 2.05) is 11.0 Å². The fourth-order valence-corrected chi connectivity index (χ4v) is 4.81. The molecule has 2 rings (SSSR count). The third-order valence-corrected chi connectivity index (χ3v) is 5.56. The zero-order valence-corrected chi connectivity index (χ0v) is 13.9. The van der Waals surface area contributed by atoms with Crippen molar-refractivity contribution in [2.45, 2.75) is 31.7 Å². The molecule has 1 aliphatic rings. The Kier molecular flexibility index (Phi) is 5.24.